The Bertz CT molecular complexity index is 596. The van der Waals surface area contributed by atoms with Gasteiger partial charge in [0.05, 0.1) is 12.3 Å². The van der Waals surface area contributed by atoms with Gasteiger partial charge in [-0.1, -0.05) is 36.4 Å². The fourth-order valence-electron chi connectivity index (χ4n) is 2.65. The molecule has 2 aromatic carbocycles. The molecule has 0 aliphatic heterocycles. The quantitative estimate of drug-likeness (QED) is 0.745. The number of anilines is 1. The zero-order valence-corrected chi connectivity index (χ0v) is 14.5. The van der Waals surface area contributed by atoms with Gasteiger partial charge in [0, 0.05) is 19.1 Å². The number of hydrogen-bond donors (Lipinski definition) is 1. The van der Waals surface area contributed by atoms with Crippen molar-refractivity contribution in [1.82, 2.24) is 4.90 Å². The average Bonchev–Trinajstić information content (AvgIpc) is 2.54. The maximum atomic E-state index is 6.06. The zero-order chi connectivity index (χ0) is 16.7. The summed E-state index contributed by atoms with van der Waals surface area (Å²) in [5, 5.41) is 0. The molecule has 0 heterocycles. The smallest absolute Gasteiger partial charge is 0.142 e. The number of nitrogens with zero attached hydrogens (tertiary/aromatic N) is 1. The Morgan fingerprint density at radius 3 is 2.39 bits per heavy atom. The van der Waals surface area contributed by atoms with E-state index in [1.54, 1.807) is 0 Å². The maximum absolute atomic E-state index is 6.06. The standard InChI is InChI=1S/C20H28N2O/c1-4-23-20-11-10-17(14-19(20)21)12-13-22(16(2)3)15-18-8-6-5-7-9-18/h5-11,14,16H,4,12-13,15,21H2,1-3H3. The first kappa shape index (κ1) is 17.4. The predicted molar refractivity (Wildman–Crippen MR) is 97.7 cm³/mol. The number of rotatable bonds is 8. The first-order chi connectivity index (χ1) is 11.1. The van der Waals surface area contributed by atoms with Gasteiger partial charge in [0.1, 0.15) is 5.75 Å². The Hall–Kier alpha value is -2.00. The van der Waals surface area contributed by atoms with Crippen LogP contribution in [0.25, 0.3) is 0 Å². The van der Waals surface area contributed by atoms with Crippen molar-refractivity contribution >= 4 is 5.69 Å². The Morgan fingerprint density at radius 2 is 1.78 bits per heavy atom. The van der Waals surface area contributed by atoms with Gasteiger partial charge in [-0.3, -0.25) is 4.90 Å². The van der Waals surface area contributed by atoms with Crippen LogP contribution in [0.3, 0.4) is 0 Å². The van der Waals surface area contributed by atoms with E-state index in [4.69, 9.17) is 10.5 Å². The molecule has 0 aliphatic rings. The molecular weight excluding hydrogens is 284 g/mol. The first-order valence-electron chi connectivity index (χ1n) is 8.39. The second-order valence-corrected chi connectivity index (χ2v) is 6.11. The van der Waals surface area contributed by atoms with E-state index in [-0.39, 0.29) is 0 Å². The predicted octanol–water partition coefficient (Wildman–Crippen LogP) is 4.12. The SMILES string of the molecule is CCOc1ccc(CCN(Cc2ccccc2)C(C)C)cc1N. The van der Waals surface area contributed by atoms with Crippen molar-refractivity contribution in [3.63, 3.8) is 0 Å². The molecule has 0 amide bonds. The van der Waals surface area contributed by atoms with Crippen LogP contribution in [0.4, 0.5) is 5.69 Å². The van der Waals surface area contributed by atoms with E-state index in [9.17, 15) is 0 Å². The molecule has 23 heavy (non-hydrogen) atoms. The lowest BCUT2D eigenvalue weighted by molar-refractivity contribution is 0.215. The Morgan fingerprint density at radius 1 is 1.04 bits per heavy atom. The van der Waals surface area contributed by atoms with Gasteiger partial charge in [0.15, 0.2) is 0 Å². The number of hydrogen-bond acceptors (Lipinski definition) is 3. The van der Waals surface area contributed by atoms with Gasteiger partial charge in [0.25, 0.3) is 0 Å². The summed E-state index contributed by atoms with van der Waals surface area (Å²) in [6.07, 6.45) is 0.988. The van der Waals surface area contributed by atoms with Crippen molar-refractivity contribution in [2.24, 2.45) is 0 Å². The molecule has 0 aliphatic carbocycles. The highest BCUT2D eigenvalue weighted by molar-refractivity contribution is 5.54. The molecule has 0 radical (unpaired) electrons. The summed E-state index contributed by atoms with van der Waals surface area (Å²) in [7, 11) is 0. The van der Waals surface area contributed by atoms with Gasteiger partial charge < -0.3 is 10.5 Å². The first-order valence-corrected chi connectivity index (χ1v) is 8.39. The van der Waals surface area contributed by atoms with E-state index in [0.29, 0.717) is 12.6 Å². The molecule has 0 aromatic heterocycles. The van der Waals surface area contributed by atoms with Crippen LogP contribution in [0.1, 0.15) is 31.9 Å². The molecule has 3 heteroatoms. The maximum Gasteiger partial charge on any atom is 0.142 e. The normalized spacial score (nSPS) is 11.2. The summed E-state index contributed by atoms with van der Waals surface area (Å²) in [5.74, 6) is 0.779. The Labute approximate surface area is 140 Å². The molecule has 2 aromatic rings. The highest BCUT2D eigenvalue weighted by Gasteiger charge is 2.11. The van der Waals surface area contributed by atoms with Crippen LogP contribution in [-0.4, -0.2) is 24.1 Å². The van der Waals surface area contributed by atoms with Gasteiger partial charge in [-0.25, -0.2) is 0 Å². The summed E-state index contributed by atoms with van der Waals surface area (Å²) in [4.78, 5) is 2.49. The van der Waals surface area contributed by atoms with Crippen LogP contribution in [0.2, 0.25) is 0 Å². The van der Waals surface area contributed by atoms with Crippen LogP contribution in [-0.2, 0) is 13.0 Å². The molecule has 0 fully saturated rings. The summed E-state index contributed by atoms with van der Waals surface area (Å²) < 4.78 is 5.50. The van der Waals surface area contributed by atoms with Gasteiger partial charge in [-0.2, -0.15) is 0 Å². The topological polar surface area (TPSA) is 38.5 Å². The molecule has 0 bridgehead atoms. The highest BCUT2D eigenvalue weighted by atomic mass is 16.5. The molecule has 2 N–H and O–H groups in total. The molecule has 124 valence electrons. The molecule has 0 spiro atoms. The molecule has 0 unspecified atom stereocenters. The zero-order valence-electron chi connectivity index (χ0n) is 14.5. The van der Waals surface area contributed by atoms with E-state index in [2.05, 4.69) is 55.1 Å². The second kappa shape index (κ2) is 8.59. The number of nitrogens with two attached hydrogens (primary N) is 1. The number of nitrogen functional groups attached to an aromatic ring is 1. The lowest BCUT2D eigenvalue weighted by atomic mass is 10.1. The van der Waals surface area contributed by atoms with E-state index in [0.717, 1.165) is 30.9 Å². The van der Waals surface area contributed by atoms with Crippen molar-refractivity contribution in [1.29, 1.82) is 0 Å². The van der Waals surface area contributed by atoms with Crippen molar-refractivity contribution < 1.29 is 4.74 Å². The van der Waals surface area contributed by atoms with E-state index >= 15 is 0 Å². The van der Waals surface area contributed by atoms with Crippen molar-refractivity contribution in [2.75, 3.05) is 18.9 Å². The van der Waals surface area contributed by atoms with Crippen LogP contribution in [0.5, 0.6) is 5.75 Å². The van der Waals surface area contributed by atoms with E-state index in [1.807, 2.05) is 19.1 Å². The van der Waals surface area contributed by atoms with Crippen LogP contribution in [0.15, 0.2) is 48.5 Å². The van der Waals surface area contributed by atoms with Crippen LogP contribution >= 0.6 is 0 Å². The third-order valence-electron chi connectivity index (χ3n) is 4.02. The molecule has 2 rings (SSSR count). The largest absolute Gasteiger partial charge is 0.492 e. The second-order valence-electron chi connectivity index (χ2n) is 6.11. The summed E-state index contributed by atoms with van der Waals surface area (Å²) in [5.41, 5.74) is 9.39. The van der Waals surface area contributed by atoms with Crippen molar-refractivity contribution in [3.8, 4) is 5.75 Å². The highest BCUT2D eigenvalue weighted by Crippen LogP contribution is 2.23. The lowest BCUT2D eigenvalue weighted by Crippen LogP contribution is -2.32. The molecule has 3 nitrogen and oxygen atoms in total. The van der Waals surface area contributed by atoms with Gasteiger partial charge in [0.2, 0.25) is 0 Å². The minimum absolute atomic E-state index is 0.509. The van der Waals surface area contributed by atoms with E-state index < -0.39 is 0 Å². The van der Waals surface area contributed by atoms with Crippen LogP contribution < -0.4 is 10.5 Å². The van der Waals surface area contributed by atoms with Crippen LogP contribution in [0, 0.1) is 0 Å². The average molecular weight is 312 g/mol. The molecule has 0 atom stereocenters. The van der Waals surface area contributed by atoms with E-state index in [1.165, 1.54) is 11.1 Å². The fourth-order valence-corrected chi connectivity index (χ4v) is 2.65. The van der Waals surface area contributed by atoms with Crippen molar-refractivity contribution in [3.05, 3.63) is 59.7 Å². The fraction of sp³-hybridized carbons (Fsp3) is 0.400. The third kappa shape index (κ3) is 5.29. The van der Waals surface area contributed by atoms with Gasteiger partial charge >= 0.3 is 0 Å². The minimum atomic E-state index is 0.509. The van der Waals surface area contributed by atoms with Gasteiger partial charge in [-0.15, -0.1) is 0 Å². The number of benzene rings is 2. The Balaban J connectivity index is 1.97. The summed E-state index contributed by atoms with van der Waals surface area (Å²) >= 11 is 0. The Kier molecular flexibility index (Phi) is 6.48. The lowest BCUT2D eigenvalue weighted by Gasteiger charge is -2.26. The summed E-state index contributed by atoms with van der Waals surface area (Å²) in [6.45, 7) is 9.09. The number of ether oxygens (including phenoxy) is 1. The molecule has 0 saturated heterocycles. The van der Waals surface area contributed by atoms with Crippen molar-refractivity contribution in [2.45, 2.75) is 39.8 Å². The molecule has 0 saturated carbocycles. The molecular formula is C20H28N2O. The monoisotopic (exact) mass is 312 g/mol. The van der Waals surface area contributed by atoms with Gasteiger partial charge in [-0.05, 0) is 50.5 Å². The third-order valence-corrected chi connectivity index (χ3v) is 4.02. The summed E-state index contributed by atoms with van der Waals surface area (Å²) in [6, 6.07) is 17.3. The minimum Gasteiger partial charge on any atom is -0.492 e.